The standard InChI is InChI=1S/C20H23ClN2O5S/c21-16-3-1-15(2-4-16)18(23-7-9-26-10-8-23)14-22-29(24,25)17-5-6-19-20(13-17)28-12-11-27-19/h1-6,13,18,22H,7-12,14H2/t18-/m0/s1. The third-order valence-electron chi connectivity index (χ3n) is 5.03. The van der Waals surface area contributed by atoms with Gasteiger partial charge in [0, 0.05) is 36.8 Å². The van der Waals surface area contributed by atoms with Crippen molar-refractivity contribution < 1.29 is 22.6 Å². The predicted molar refractivity (Wildman–Crippen MR) is 109 cm³/mol. The molecule has 0 radical (unpaired) electrons. The van der Waals surface area contributed by atoms with E-state index in [0.29, 0.717) is 42.9 Å². The zero-order chi connectivity index (χ0) is 20.3. The molecular formula is C20H23ClN2O5S. The number of benzene rings is 2. The molecule has 0 unspecified atom stereocenters. The van der Waals surface area contributed by atoms with Crippen molar-refractivity contribution in [3.63, 3.8) is 0 Å². The maximum absolute atomic E-state index is 12.9. The van der Waals surface area contributed by atoms with Gasteiger partial charge in [-0.3, -0.25) is 4.90 Å². The lowest BCUT2D eigenvalue weighted by atomic mass is 10.1. The molecule has 0 spiro atoms. The fraction of sp³-hybridized carbons (Fsp3) is 0.400. The van der Waals surface area contributed by atoms with Crippen LogP contribution in [-0.4, -0.2) is 59.4 Å². The van der Waals surface area contributed by atoms with Crippen LogP contribution in [0.1, 0.15) is 11.6 Å². The third-order valence-corrected chi connectivity index (χ3v) is 6.71. The van der Waals surface area contributed by atoms with Crippen LogP contribution in [0.4, 0.5) is 0 Å². The van der Waals surface area contributed by atoms with E-state index in [2.05, 4.69) is 9.62 Å². The molecular weight excluding hydrogens is 416 g/mol. The van der Waals surface area contributed by atoms with E-state index in [9.17, 15) is 8.42 Å². The van der Waals surface area contributed by atoms with Crippen molar-refractivity contribution in [3.05, 3.63) is 53.1 Å². The first kappa shape index (κ1) is 20.4. The topological polar surface area (TPSA) is 77.1 Å². The highest BCUT2D eigenvalue weighted by Crippen LogP contribution is 2.32. The lowest BCUT2D eigenvalue weighted by Gasteiger charge is -2.35. The number of sulfonamides is 1. The molecule has 1 atom stereocenters. The lowest BCUT2D eigenvalue weighted by Crippen LogP contribution is -2.43. The predicted octanol–water partition coefficient (Wildman–Crippen LogP) is 2.46. The Labute approximate surface area is 175 Å². The SMILES string of the molecule is O=S(=O)(NC[C@@H](c1ccc(Cl)cc1)N1CCOCC1)c1ccc2c(c1)OCCO2. The molecule has 0 amide bonds. The van der Waals surface area contributed by atoms with E-state index in [1.165, 1.54) is 12.1 Å². The van der Waals surface area contributed by atoms with Gasteiger partial charge in [-0.05, 0) is 29.8 Å². The van der Waals surface area contributed by atoms with E-state index in [1.54, 1.807) is 6.07 Å². The lowest BCUT2D eigenvalue weighted by molar-refractivity contribution is 0.0172. The van der Waals surface area contributed by atoms with Crippen LogP contribution in [0.2, 0.25) is 5.02 Å². The van der Waals surface area contributed by atoms with E-state index < -0.39 is 10.0 Å². The van der Waals surface area contributed by atoms with Gasteiger partial charge in [0.15, 0.2) is 11.5 Å². The second kappa shape index (κ2) is 8.89. The van der Waals surface area contributed by atoms with Crippen LogP contribution < -0.4 is 14.2 Å². The quantitative estimate of drug-likeness (QED) is 0.746. The second-order valence-corrected chi connectivity index (χ2v) is 9.08. The molecule has 156 valence electrons. The molecule has 29 heavy (non-hydrogen) atoms. The molecule has 0 saturated carbocycles. The van der Waals surface area contributed by atoms with Gasteiger partial charge in [0.2, 0.25) is 10.0 Å². The fourth-order valence-corrected chi connectivity index (χ4v) is 4.67. The molecule has 1 saturated heterocycles. The number of ether oxygens (including phenoxy) is 3. The Hall–Kier alpha value is -1.84. The number of nitrogens with zero attached hydrogens (tertiary/aromatic N) is 1. The number of rotatable bonds is 6. The highest BCUT2D eigenvalue weighted by Gasteiger charge is 2.26. The van der Waals surface area contributed by atoms with E-state index in [1.807, 2.05) is 24.3 Å². The molecule has 4 rings (SSSR count). The van der Waals surface area contributed by atoms with Crippen molar-refractivity contribution in [1.82, 2.24) is 9.62 Å². The number of fused-ring (bicyclic) bond motifs is 1. The van der Waals surface area contributed by atoms with Crippen LogP contribution in [0.25, 0.3) is 0 Å². The first-order chi connectivity index (χ1) is 14.0. The normalized spacial score (nSPS) is 18.4. The number of hydrogen-bond acceptors (Lipinski definition) is 6. The van der Waals surface area contributed by atoms with Crippen LogP contribution in [0.5, 0.6) is 11.5 Å². The molecule has 2 aliphatic heterocycles. The van der Waals surface area contributed by atoms with E-state index in [4.69, 9.17) is 25.8 Å². The molecule has 0 aromatic heterocycles. The number of halogens is 1. The van der Waals surface area contributed by atoms with Crippen LogP contribution in [0.3, 0.4) is 0 Å². The first-order valence-electron chi connectivity index (χ1n) is 9.49. The van der Waals surface area contributed by atoms with E-state index >= 15 is 0 Å². The minimum atomic E-state index is -3.71. The highest BCUT2D eigenvalue weighted by molar-refractivity contribution is 7.89. The smallest absolute Gasteiger partial charge is 0.240 e. The maximum Gasteiger partial charge on any atom is 0.240 e. The van der Waals surface area contributed by atoms with E-state index in [0.717, 1.165) is 18.7 Å². The van der Waals surface area contributed by atoms with Gasteiger partial charge in [-0.1, -0.05) is 23.7 Å². The average Bonchev–Trinajstić information content (AvgIpc) is 2.75. The molecule has 9 heteroatoms. The summed E-state index contributed by atoms with van der Waals surface area (Å²) in [5.74, 6) is 1.00. The van der Waals surface area contributed by atoms with Crippen molar-refractivity contribution in [1.29, 1.82) is 0 Å². The number of morpholine rings is 1. The van der Waals surface area contributed by atoms with Gasteiger partial charge in [0.1, 0.15) is 13.2 Å². The van der Waals surface area contributed by atoms with Crippen LogP contribution >= 0.6 is 11.6 Å². The van der Waals surface area contributed by atoms with Gasteiger partial charge in [-0.15, -0.1) is 0 Å². The monoisotopic (exact) mass is 438 g/mol. The molecule has 1 N–H and O–H groups in total. The number of hydrogen-bond donors (Lipinski definition) is 1. The van der Waals surface area contributed by atoms with Crippen LogP contribution in [0, 0.1) is 0 Å². The molecule has 0 bridgehead atoms. The van der Waals surface area contributed by atoms with Crippen LogP contribution in [0.15, 0.2) is 47.4 Å². The Morgan fingerprint density at radius 2 is 1.66 bits per heavy atom. The summed E-state index contributed by atoms with van der Waals surface area (Å²) in [6.45, 7) is 3.81. The van der Waals surface area contributed by atoms with Crippen molar-refractivity contribution in [3.8, 4) is 11.5 Å². The summed E-state index contributed by atoms with van der Waals surface area (Å²) in [5.41, 5.74) is 1.00. The molecule has 2 aromatic rings. The van der Waals surface area contributed by atoms with E-state index in [-0.39, 0.29) is 17.5 Å². The van der Waals surface area contributed by atoms with Crippen molar-refractivity contribution in [2.75, 3.05) is 46.1 Å². The Kier molecular flexibility index (Phi) is 6.26. The molecule has 2 heterocycles. The number of nitrogens with one attached hydrogen (secondary N) is 1. The first-order valence-corrected chi connectivity index (χ1v) is 11.4. The van der Waals surface area contributed by atoms with Gasteiger partial charge in [0.05, 0.1) is 18.1 Å². The van der Waals surface area contributed by atoms with Crippen molar-refractivity contribution in [2.24, 2.45) is 0 Å². The fourth-order valence-electron chi connectivity index (χ4n) is 3.49. The van der Waals surface area contributed by atoms with Crippen molar-refractivity contribution >= 4 is 21.6 Å². The summed E-state index contributed by atoms with van der Waals surface area (Å²) in [4.78, 5) is 2.37. The van der Waals surface area contributed by atoms with Crippen LogP contribution in [-0.2, 0) is 14.8 Å². The zero-order valence-electron chi connectivity index (χ0n) is 15.8. The van der Waals surface area contributed by atoms with Gasteiger partial charge in [-0.25, -0.2) is 13.1 Å². The maximum atomic E-state index is 12.9. The molecule has 2 aliphatic rings. The third kappa shape index (κ3) is 4.84. The summed E-state index contributed by atoms with van der Waals surface area (Å²) in [7, 11) is -3.71. The molecule has 7 nitrogen and oxygen atoms in total. The summed E-state index contributed by atoms with van der Waals surface area (Å²) in [5, 5.41) is 0.645. The molecule has 1 fully saturated rings. The highest BCUT2D eigenvalue weighted by atomic mass is 35.5. The average molecular weight is 439 g/mol. The Morgan fingerprint density at radius 1 is 0.966 bits per heavy atom. The Morgan fingerprint density at radius 3 is 2.38 bits per heavy atom. The molecule has 0 aliphatic carbocycles. The molecule has 2 aromatic carbocycles. The zero-order valence-corrected chi connectivity index (χ0v) is 17.4. The van der Waals surface area contributed by atoms with Gasteiger partial charge in [0.25, 0.3) is 0 Å². The van der Waals surface area contributed by atoms with Crippen molar-refractivity contribution in [2.45, 2.75) is 10.9 Å². The second-order valence-electron chi connectivity index (χ2n) is 6.87. The summed E-state index contributed by atoms with van der Waals surface area (Å²) in [6.07, 6.45) is 0. The summed E-state index contributed by atoms with van der Waals surface area (Å²) in [6, 6.07) is 12.0. The minimum Gasteiger partial charge on any atom is -0.486 e. The minimum absolute atomic E-state index is 0.122. The summed E-state index contributed by atoms with van der Waals surface area (Å²) < 4.78 is 45.0. The van der Waals surface area contributed by atoms with Gasteiger partial charge >= 0.3 is 0 Å². The summed E-state index contributed by atoms with van der Waals surface area (Å²) >= 11 is 6.02. The van der Waals surface area contributed by atoms with Gasteiger partial charge < -0.3 is 14.2 Å². The largest absolute Gasteiger partial charge is 0.486 e. The van der Waals surface area contributed by atoms with Gasteiger partial charge in [-0.2, -0.15) is 0 Å². The Bertz CT molecular complexity index is 946. The Balaban J connectivity index is 1.53.